The minimum absolute atomic E-state index is 0.160. The minimum atomic E-state index is -0.970. The van der Waals surface area contributed by atoms with Gasteiger partial charge in [-0.25, -0.2) is 0 Å². The molecule has 0 amide bonds. The van der Waals surface area contributed by atoms with Gasteiger partial charge in [-0.2, -0.15) is 0 Å². The van der Waals surface area contributed by atoms with Crippen molar-refractivity contribution >= 4 is 23.7 Å². The molecule has 0 fully saturated rings. The first kappa shape index (κ1) is 14.3. The van der Waals surface area contributed by atoms with Gasteiger partial charge < -0.3 is 10.2 Å². The Morgan fingerprint density at radius 3 is 2.13 bits per heavy atom. The van der Waals surface area contributed by atoms with Crippen molar-refractivity contribution in [1.82, 2.24) is 0 Å². The molecular weight excluding hydrogens is 216 g/mol. The summed E-state index contributed by atoms with van der Waals surface area (Å²) in [5, 5.41) is 17.7. The number of aliphatic carboxylic acids is 2. The average Bonchev–Trinajstić information content (AvgIpc) is 2.11. The van der Waals surface area contributed by atoms with Crippen molar-refractivity contribution in [2.45, 2.75) is 38.4 Å². The monoisotopic (exact) mass is 234 g/mol. The lowest BCUT2D eigenvalue weighted by molar-refractivity contribution is -0.140. The Balaban J connectivity index is 4.65. The van der Waals surface area contributed by atoms with Gasteiger partial charge in [0.25, 0.3) is 0 Å². The first-order valence-corrected chi connectivity index (χ1v) is 5.91. The molecule has 0 aliphatic heterocycles. The maximum absolute atomic E-state index is 11.2. The average molecular weight is 234 g/mol. The zero-order chi connectivity index (χ0) is 12.1. The van der Waals surface area contributed by atoms with E-state index in [1.165, 1.54) is 0 Å². The Morgan fingerprint density at radius 1 is 1.33 bits per heavy atom. The highest BCUT2D eigenvalue weighted by atomic mass is 32.2. The molecule has 5 heteroatoms. The predicted molar refractivity (Wildman–Crippen MR) is 60.2 cm³/mol. The fraction of sp³-hybridized carbons (Fsp3) is 0.800. The number of carboxylic acid groups (broad SMARTS) is 2. The van der Waals surface area contributed by atoms with Crippen LogP contribution in [0.5, 0.6) is 0 Å². The highest BCUT2D eigenvalue weighted by Gasteiger charge is 2.38. The third-order valence-corrected chi connectivity index (χ3v) is 3.74. The highest BCUT2D eigenvalue weighted by molar-refractivity contribution is 8.02. The summed E-state index contributed by atoms with van der Waals surface area (Å²) in [6.07, 6.45) is 0.940. The zero-order valence-electron chi connectivity index (χ0n) is 9.32. The Bertz CT molecular complexity index is 240. The van der Waals surface area contributed by atoms with E-state index in [0.29, 0.717) is 12.8 Å². The fourth-order valence-electron chi connectivity index (χ4n) is 1.46. The quantitative estimate of drug-likeness (QED) is 0.705. The van der Waals surface area contributed by atoms with Crippen LogP contribution in [-0.4, -0.2) is 32.7 Å². The Morgan fingerprint density at radius 2 is 1.87 bits per heavy atom. The van der Waals surface area contributed by atoms with Gasteiger partial charge in [0.05, 0.1) is 5.75 Å². The molecule has 0 aliphatic carbocycles. The molecule has 2 N–H and O–H groups in total. The van der Waals surface area contributed by atoms with Crippen LogP contribution in [0.15, 0.2) is 0 Å². The van der Waals surface area contributed by atoms with Crippen LogP contribution in [0.25, 0.3) is 0 Å². The summed E-state index contributed by atoms with van der Waals surface area (Å²) in [5.41, 5.74) is 0. The second kappa shape index (κ2) is 6.00. The molecule has 0 saturated heterocycles. The van der Waals surface area contributed by atoms with E-state index in [0.717, 1.165) is 11.8 Å². The van der Waals surface area contributed by atoms with E-state index in [2.05, 4.69) is 0 Å². The molecule has 15 heavy (non-hydrogen) atoms. The topological polar surface area (TPSA) is 74.6 Å². The fourth-order valence-corrected chi connectivity index (χ4v) is 2.64. The highest BCUT2D eigenvalue weighted by Crippen LogP contribution is 2.35. The number of hydrogen-bond acceptors (Lipinski definition) is 3. The van der Waals surface area contributed by atoms with Gasteiger partial charge in [0, 0.05) is 0 Å². The van der Waals surface area contributed by atoms with Crippen LogP contribution >= 0.6 is 11.8 Å². The number of rotatable bonds is 7. The zero-order valence-corrected chi connectivity index (χ0v) is 10.1. The molecule has 0 aromatic heterocycles. The van der Waals surface area contributed by atoms with Crippen molar-refractivity contribution in [2.75, 3.05) is 5.75 Å². The normalized spacial score (nSPS) is 14.9. The molecule has 1 atom stereocenters. The van der Waals surface area contributed by atoms with Crippen molar-refractivity contribution in [3.05, 3.63) is 0 Å². The van der Waals surface area contributed by atoms with Crippen LogP contribution in [0.3, 0.4) is 0 Å². The van der Waals surface area contributed by atoms with Gasteiger partial charge in [-0.1, -0.05) is 20.8 Å². The molecule has 88 valence electrons. The van der Waals surface area contributed by atoms with Crippen molar-refractivity contribution in [3.63, 3.8) is 0 Å². The summed E-state index contributed by atoms with van der Waals surface area (Å²) >= 11 is 1.01. The van der Waals surface area contributed by atoms with Gasteiger partial charge in [0.15, 0.2) is 0 Å². The Hall–Kier alpha value is -0.710. The summed E-state index contributed by atoms with van der Waals surface area (Å²) in [4.78, 5) is 21.6. The first-order chi connectivity index (χ1) is 6.84. The number of carbonyl (C=O) groups is 2. The first-order valence-electron chi connectivity index (χ1n) is 4.93. The lowest BCUT2D eigenvalue weighted by Crippen LogP contribution is -2.37. The summed E-state index contributed by atoms with van der Waals surface area (Å²) in [6.45, 7) is 5.66. The second-order valence-electron chi connectivity index (χ2n) is 3.93. The summed E-state index contributed by atoms with van der Waals surface area (Å²) in [6, 6.07) is 0. The summed E-state index contributed by atoms with van der Waals surface area (Å²) in [7, 11) is 0. The van der Waals surface area contributed by atoms with E-state index in [1.807, 2.05) is 13.8 Å². The van der Waals surface area contributed by atoms with Crippen molar-refractivity contribution in [1.29, 1.82) is 0 Å². The molecule has 0 rings (SSSR count). The van der Waals surface area contributed by atoms with Gasteiger partial charge >= 0.3 is 11.9 Å². The summed E-state index contributed by atoms with van der Waals surface area (Å²) in [5.74, 6) is -1.80. The lowest BCUT2D eigenvalue weighted by atomic mass is 9.94. The van der Waals surface area contributed by atoms with Crippen molar-refractivity contribution < 1.29 is 19.8 Å². The molecule has 0 aromatic carbocycles. The van der Waals surface area contributed by atoms with Gasteiger partial charge in [-0.05, 0) is 18.8 Å². The van der Waals surface area contributed by atoms with E-state index in [-0.39, 0.29) is 11.7 Å². The molecule has 4 nitrogen and oxygen atoms in total. The van der Waals surface area contributed by atoms with Crippen LogP contribution < -0.4 is 0 Å². The van der Waals surface area contributed by atoms with Gasteiger partial charge in [0.2, 0.25) is 0 Å². The molecule has 0 aliphatic rings. The van der Waals surface area contributed by atoms with Crippen LogP contribution in [0.4, 0.5) is 0 Å². The molecule has 0 radical (unpaired) electrons. The molecule has 0 unspecified atom stereocenters. The number of thioether (sulfide) groups is 1. The molecule has 0 heterocycles. The number of carboxylic acids is 2. The van der Waals surface area contributed by atoms with Crippen LogP contribution in [0.2, 0.25) is 0 Å². The molecule has 0 aromatic rings. The minimum Gasteiger partial charge on any atom is -0.481 e. The Kier molecular flexibility index (Phi) is 5.72. The third-order valence-electron chi connectivity index (χ3n) is 2.17. The van der Waals surface area contributed by atoms with Crippen LogP contribution in [-0.2, 0) is 9.59 Å². The SMILES string of the molecule is CC[C@](CC(C)C)(SCC(=O)O)C(=O)O. The predicted octanol–water partition coefficient (Wildman–Crippen LogP) is 2.08. The van der Waals surface area contributed by atoms with E-state index in [4.69, 9.17) is 5.11 Å². The maximum Gasteiger partial charge on any atom is 0.319 e. The van der Waals surface area contributed by atoms with E-state index < -0.39 is 16.7 Å². The van der Waals surface area contributed by atoms with Gasteiger partial charge in [-0.15, -0.1) is 11.8 Å². The largest absolute Gasteiger partial charge is 0.481 e. The molecular formula is C10H18O4S. The standard InChI is InChI=1S/C10H18O4S/c1-4-10(9(13)14,5-7(2)3)15-6-8(11)12/h7H,4-6H2,1-3H3,(H,11,12)(H,13,14)/t10-/m1/s1. The summed E-state index contributed by atoms with van der Waals surface area (Å²) < 4.78 is -0.952. The number of hydrogen-bond donors (Lipinski definition) is 2. The van der Waals surface area contributed by atoms with E-state index >= 15 is 0 Å². The Labute approximate surface area is 94.1 Å². The van der Waals surface area contributed by atoms with Crippen molar-refractivity contribution in [2.24, 2.45) is 5.92 Å². The maximum atomic E-state index is 11.2. The molecule has 0 spiro atoms. The smallest absolute Gasteiger partial charge is 0.319 e. The third kappa shape index (κ3) is 4.55. The van der Waals surface area contributed by atoms with E-state index in [9.17, 15) is 14.7 Å². The molecule has 0 saturated carbocycles. The van der Waals surface area contributed by atoms with Crippen molar-refractivity contribution in [3.8, 4) is 0 Å². The van der Waals surface area contributed by atoms with Gasteiger partial charge in [-0.3, -0.25) is 9.59 Å². The van der Waals surface area contributed by atoms with E-state index in [1.54, 1.807) is 6.92 Å². The molecule has 0 bridgehead atoms. The second-order valence-corrected chi connectivity index (χ2v) is 5.29. The van der Waals surface area contributed by atoms with Gasteiger partial charge in [0.1, 0.15) is 4.75 Å². The van der Waals surface area contributed by atoms with Crippen LogP contribution in [0, 0.1) is 5.92 Å². The lowest BCUT2D eigenvalue weighted by Gasteiger charge is -2.28. The van der Waals surface area contributed by atoms with Crippen LogP contribution in [0.1, 0.15) is 33.6 Å².